The highest BCUT2D eigenvalue weighted by Crippen LogP contribution is 2.42. The van der Waals surface area contributed by atoms with Crippen LogP contribution in [0.2, 0.25) is 16.6 Å². The van der Waals surface area contributed by atoms with Gasteiger partial charge >= 0.3 is 0 Å². The third-order valence-electron chi connectivity index (χ3n) is 6.41. The Balaban J connectivity index is 2.17. The van der Waals surface area contributed by atoms with Gasteiger partial charge in [-0.25, -0.2) is 0 Å². The highest BCUT2D eigenvalue weighted by atomic mass is 28.4. The number of ether oxygens (including phenoxy) is 2. The minimum Gasteiger partial charge on any atom is -0.413 e. The molecule has 0 fully saturated rings. The van der Waals surface area contributed by atoms with Crippen molar-refractivity contribution in [2.24, 2.45) is 0 Å². The summed E-state index contributed by atoms with van der Waals surface area (Å²) in [4.78, 5) is 0. The Morgan fingerprint density at radius 3 is 1.44 bits per heavy atom. The lowest BCUT2D eigenvalue weighted by Crippen LogP contribution is -2.51. The molecule has 0 saturated heterocycles. The van der Waals surface area contributed by atoms with Gasteiger partial charge < -0.3 is 19.0 Å². The molecule has 0 bridgehead atoms. The molecule has 2 aromatic carbocycles. The average molecular weight is 459 g/mol. The molecule has 0 radical (unpaired) electrons. The van der Waals surface area contributed by atoms with E-state index in [1.807, 2.05) is 60.7 Å². The van der Waals surface area contributed by atoms with E-state index in [4.69, 9.17) is 13.9 Å². The number of hydrogen-bond donors (Lipinski definition) is 1. The highest BCUT2D eigenvalue weighted by molar-refractivity contribution is 6.77. The van der Waals surface area contributed by atoms with Gasteiger partial charge in [0.2, 0.25) is 0 Å². The molecule has 0 aliphatic rings. The van der Waals surface area contributed by atoms with Crippen molar-refractivity contribution in [2.45, 2.75) is 83.6 Å². The molecule has 0 amide bonds. The van der Waals surface area contributed by atoms with Crippen LogP contribution >= 0.6 is 0 Å². The molecule has 0 aliphatic carbocycles. The van der Waals surface area contributed by atoms with Gasteiger partial charge in [-0.1, -0.05) is 102 Å². The Labute approximate surface area is 196 Å². The van der Waals surface area contributed by atoms with Crippen LogP contribution in [0.3, 0.4) is 0 Å². The second-order valence-corrected chi connectivity index (χ2v) is 14.9. The molecule has 178 valence electrons. The summed E-state index contributed by atoms with van der Waals surface area (Å²) < 4.78 is 19.3. The fraction of sp³-hybridized carbons (Fsp3) is 0.556. The Hall–Kier alpha value is -1.50. The molecular weight excluding hydrogens is 416 g/mol. The number of hydrogen-bond acceptors (Lipinski definition) is 4. The van der Waals surface area contributed by atoms with Crippen LogP contribution < -0.4 is 0 Å². The van der Waals surface area contributed by atoms with E-state index in [0.29, 0.717) is 36.4 Å². The summed E-state index contributed by atoms with van der Waals surface area (Å²) in [6, 6.07) is 20.1. The standard InChI is InChI=1S/C27H42O4Si/c1-21(2)32(22(3)4,23(5)6)31-20-27(30-19-25-15-11-8-12-16-25)26(17-28)29-18-24-13-9-7-10-14-24/h7-16,21-23,26-28H,17-20H2,1-6H3/t26-,27-/m1/s1. The van der Waals surface area contributed by atoms with E-state index in [1.165, 1.54) is 0 Å². The molecule has 0 heterocycles. The van der Waals surface area contributed by atoms with E-state index in [1.54, 1.807) is 0 Å². The van der Waals surface area contributed by atoms with Gasteiger partial charge in [0.25, 0.3) is 0 Å². The molecule has 2 aromatic rings. The van der Waals surface area contributed by atoms with Crippen LogP contribution in [-0.4, -0.2) is 38.8 Å². The molecule has 1 N–H and O–H groups in total. The van der Waals surface area contributed by atoms with Gasteiger partial charge in [-0.3, -0.25) is 0 Å². The summed E-state index contributed by atoms with van der Waals surface area (Å²) in [5.41, 5.74) is 3.61. The molecule has 0 saturated carbocycles. The summed E-state index contributed by atoms with van der Waals surface area (Å²) in [6.45, 7) is 14.9. The van der Waals surface area contributed by atoms with Crippen molar-refractivity contribution in [3.05, 3.63) is 71.8 Å². The first-order valence-corrected chi connectivity index (χ1v) is 14.0. The largest absolute Gasteiger partial charge is 0.413 e. The van der Waals surface area contributed by atoms with Gasteiger partial charge in [0.15, 0.2) is 8.32 Å². The summed E-state index contributed by atoms with van der Waals surface area (Å²) in [7, 11) is -2.06. The van der Waals surface area contributed by atoms with Gasteiger partial charge in [-0.05, 0) is 27.8 Å². The van der Waals surface area contributed by atoms with Gasteiger partial charge in [0.05, 0.1) is 26.4 Å². The molecule has 0 aliphatic heterocycles. The minimum atomic E-state index is -2.06. The zero-order chi connectivity index (χ0) is 23.6. The monoisotopic (exact) mass is 458 g/mol. The first kappa shape index (κ1) is 26.7. The lowest BCUT2D eigenvalue weighted by atomic mass is 10.2. The summed E-state index contributed by atoms with van der Waals surface area (Å²) in [5, 5.41) is 10.2. The lowest BCUT2D eigenvalue weighted by Gasteiger charge is -2.43. The molecular formula is C27H42O4Si. The van der Waals surface area contributed by atoms with E-state index in [2.05, 4.69) is 41.5 Å². The first-order chi connectivity index (χ1) is 15.3. The van der Waals surface area contributed by atoms with Gasteiger partial charge in [0.1, 0.15) is 12.2 Å². The van der Waals surface area contributed by atoms with Crippen LogP contribution in [0.4, 0.5) is 0 Å². The van der Waals surface area contributed by atoms with Crippen LogP contribution in [0.15, 0.2) is 60.7 Å². The van der Waals surface area contributed by atoms with Crippen LogP contribution in [0, 0.1) is 0 Å². The summed E-state index contributed by atoms with van der Waals surface area (Å²) in [6.07, 6.45) is -0.816. The summed E-state index contributed by atoms with van der Waals surface area (Å²) >= 11 is 0. The maximum Gasteiger partial charge on any atom is 0.200 e. The zero-order valence-corrected chi connectivity index (χ0v) is 21.7. The fourth-order valence-corrected chi connectivity index (χ4v) is 10.3. The number of rotatable bonds is 14. The zero-order valence-electron chi connectivity index (χ0n) is 20.7. The van der Waals surface area contributed by atoms with Crippen molar-refractivity contribution in [3.63, 3.8) is 0 Å². The van der Waals surface area contributed by atoms with Crippen molar-refractivity contribution >= 4 is 8.32 Å². The van der Waals surface area contributed by atoms with Crippen LogP contribution in [0.5, 0.6) is 0 Å². The number of benzene rings is 2. The van der Waals surface area contributed by atoms with E-state index in [-0.39, 0.29) is 12.7 Å². The quantitative estimate of drug-likeness (QED) is 0.336. The Bertz CT molecular complexity index is 727. The molecule has 0 aromatic heterocycles. The minimum absolute atomic E-state index is 0.116. The van der Waals surface area contributed by atoms with Crippen molar-refractivity contribution < 1.29 is 19.0 Å². The fourth-order valence-electron chi connectivity index (χ4n) is 4.82. The maximum absolute atomic E-state index is 10.2. The lowest BCUT2D eigenvalue weighted by molar-refractivity contribution is -0.117. The SMILES string of the molecule is CC(C)[Si](OC[C@@H](OCc1ccccc1)[C@@H](CO)OCc1ccccc1)(C(C)C)C(C)C. The topological polar surface area (TPSA) is 47.9 Å². The average Bonchev–Trinajstić information content (AvgIpc) is 2.78. The van der Waals surface area contributed by atoms with Gasteiger partial charge in [-0.2, -0.15) is 0 Å². The maximum atomic E-state index is 10.2. The van der Waals surface area contributed by atoms with Gasteiger partial charge in [0, 0.05) is 0 Å². The predicted octanol–water partition coefficient (Wildman–Crippen LogP) is 6.34. The van der Waals surface area contributed by atoms with Crippen molar-refractivity contribution in [1.82, 2.24) is 0 Å². The van der Waals surface area contributed by atoms with E-state index >= 15 is 0 Å². The van der Waals surface area contributed by atoms with Crippen LogP contribution in [0.25, 0.3) is 0 Å². The smallest absolute Gasteiger partial charge is 0.200 e. The van der Waals surface area contributed by atoms with Crippen LogP contribution in [-0.2, 0) is 27.1 Å². The number of aliphatic hydroxyl groups is 1. The molecule has 0 spiro atoms. The molecule has 32 heavy (non-hydrogen) atoms. The third-order valence-corrected chi connectivity index (χ3v) is 12.5. The third kappa shape index (κ3) is 7.25. The van der Waals surface area contributed by atoms with Gasteiger partial charge in [-0.15, -0.1) is 0 Å². The Kier molecular flexibility index (Phi) is 11.1. The molecule has 4 nitrogen and oxygen atoms in total. The van der Waals surface area contributed by atoms with Crippen molar-refractivity contribution in [1.29, 1.82) is 0 Å². The second-order valence-electron chi connectivity index (χ2n) is 9.48. The highest BCUT2D eigenvalue weighted by Gasteiger charge is 2.45. The van der Waals surface area contributed by atoms with E-state index < -0.39 is 14.4 Å². The molecule has 2 atom stereocenters. The Morgan fingerprint density at radius 2 is 1.06 bits per heavy atom. The Morgan fingerprint density at radius 1 is 0.656 bits per heavy atom. The first-order valence-electron chi connectivity index (χ1n) is 11.9. The van der Waals surface area contributed by atoms with Crippen LogP contribution in [0.1, 0.15) is 52.7 Å². The second kappa shape index (κ2) is 13.3. The molecule has 5 heteroatoms. The predicted molar refractivity (Wildman–Crippen MR) is 134 cm³/mol. The van der Waals surface area contributed by atoms with E-state index in [9.17, 15) is 5.11 Å². The molecule has 0 unspecified atom stereocenters. The number of aliphatic hydroxyl groups excluding tert-OH is 1. The van der Waals surface area contributed by atoms with Crippen molar-refractivity contribution in [2.75, 3.05) is 13.2 Å². The summed E-state index contributed by atoms with van der Waals surface area (Å²) in [5.74, 6) is 0. The van der Waals surface area contributed by atoms with Crippen molar-refractivity contribution in [3.8, 4) is 0 Å². The normalized spacial score (nSPS) is 14.3. The molecule has 2 rings (SSSR count). The van der Waals surface area contributed by atoms with E-state index in [0.717, 1.165) is 11.1 Å².